The Morgan fingerprint density at radius 3 is 2.91 bits per heavy atom. The van der Waals surface area contributed by atoms with E-state index in [1.54, 1.807) is 26.1 Å². The van der Waals surface area contributed by atoms with E-state index in [9.17, 15) is 14.0 Å². The fourth-order valence-corrected chi connectivity index (χ4v) is 2.41. The zero-order chi connectivity index (χ0) is 17.0. The first kappa shape index (κ1) is 17.2. The lowest BCUT2D eigenvalue weighted by atomic mass is 10.2. The summed E-state index contributed by atoms with van der Waals surface area (Å²) in [4.78, 5) is 23.9. The smallest absolute Gasteiger partial charge is 0.341 e. The van der Waals surface area contributed by atoms with E-state index in [1.165, 1.54) is 22.9 Å². The molecule has 0 aliphatic heterocycles. The van der Waals surface area contributed by atoms with Gasteiger partial charge >= 0.3 is 5.97 Å². The molecule has 0 saturated carbocycles. The number of nitrogens with one attached hydrogen (secondary N) is 1. The Morgan fingerprint density at radius 2 is 2.22 bits per heavy atom. The minimum atomic E-state index is -0.549. The van der Waals surface area contributed by atoms with E-state index in [4.69, 9.17) is 4.74 Å². The van der Waals surface area contributed by atoms with Crippen LogP contribution in [0, 0.1) is 0 Å². The SMILES string of the molecule is CCOC(=O)c1cn(C)c(=O)cc1NC1=CC=C(Br)C=C(F)C1. The van der Waals surface area contributed by atoms with Gasteiger partial charge in [-0.1, -0.05) is 15.9 Å². The first-order chi connectivity index (χ1) is 10.9. The highest BCUT2D eigenvalue weighted by atomic mass is 79.9. The van der Waals surface area contributed by atoms with Gasteiger partial charge in [0.05, 0.1) is 17.9 Å². The number of halogens is 2. The van der Waals surface area contributed by atoms with Crippen LogP contribution in [0.5, 0.6) is 0 Å². The minimum absolute atomic E-state index is 0.0308. The molecular weight excluding hydrogens is 367 g/mol. The molecule has 1 N–H and O–H groups in total. The molecule has 0 atom stereocenters. The maximum atomic E-state index is 13.7. The summed E-state index contributed by atoms with van der Waals surface area (Å²) in [6.07, 6.45) is 6.15. The molecule has 0 saturated heterocycles. The molecule has 0 radical (unpaired) electrons. The number of hydrogen-bond donors (Lipinski definition) is 1. The van der Waals surface area contributed by atoms with E-state index in [0.29, 0.717) is 10.2 Å². The van der Waals surface area contributed by atoms with Crippen LogP contribution in [-0.4, -0.2) is 17.1 Å². The average Bonchev–Trinajstić information content (AvgIpc) is 2.63. The van der Waals surface area contributed by atoms with Crippen molar-refractivity contribution in [2.45, 2.75) is 13.3 Å². The maximum Gasteiger partial charge on any atom is 0.341 e. The second-order valence-corrected chi connectivity index (χ2v) is 5.82. The van der Waals surface area contributed by atoms with Crippen molar-refractivity contribution in [3.8, 4) is 0 Å². The largest absolute Gasteiger partial charge is 0.462 e. The van der Waals surface area contributed by atoms with Crippen LogP contribution in [0.2, 0.25) is 0 Å². The molecule has 0 spiro atoms. The number of pyridine rings is 1. The van der Waals surface area contributed by atoms with E-state index in [1.807, 2.05) is 0 Å². The minimum Gasteiger partial charge on any atom is -0.462 e. The summed E-state index contributed by atoms with van der Waals surface area (Å²) in [5.74, 6) is -0.890. The monoisotopic (exact) mass is 382 g/mol. The topological polar surface area (TPSA) is 60.3 Å². The lowest BCUT2D eigenvalue weighted by Gasteiger charge is -2.14. The normalized spacial score (nSPS) is 14.3. The molecule has 0 fully saturated rings. The second-order valence-electron chi connectivity index (χ2n) is 4.91. The van der Waals surface area contributed by atoms with Gasteiger partial charge in [0.25, 0.3) is 5.56 Å². The highest BCUT2D eigenvalue weighted by molar-refractivity contribution is 9.11. The Kier molecular flexibility index (Phi) is 5.54. The number of allylic oxidation sites excluding steroid dienone is 5. The predicted octanol–water partition coefficient (Wildman–Crippen LogP) is 3.39. The number of nitrogens with zero attached hydrogens (tertiary/aromatic N) is 1. The van der Waals surface area contributed by atoms with Crippen LogP contribution in [0.4, 0.5) is 10.1 Å². The molecule has 0 unspecified atom stereocenters. The summed E-state index contributed by atoms with van der Waals surface area (Å²) in [5, 5.41) is 2.95. The Balaban J connectivity index is 2.39. The first-order valence-electron chi connectivity index (χ1n) is 6.98. The highest BCUT2D eigenvalue weighted by Gasteiger charge is 2.16. The van der Waals surface area contributed by atoms with Gasteiger partial charge in [-0.3, -0.25) is 4.79 Å². The van der Waals surface area contributed by atoms with Gasteiger partial charge in [0.1, 0.15) is 5.83 Å². The quantitative estimate of drug-likeness (QED) is 0.810. The van der Waals surface area contributed by atoms with Crippen molar-refractivity contribution < 1.29 is 13.9 Å². The van der Waals surface area contributed by atoms with Gasteiger partial charge in [0.2, 0.25) is 0 Å². The van der Waals surface area contributed by atoms with Crippen molar-refractivity contribution in [2.75, 3.05) is 11.9 Å². The number of carbonyl (C=O) groups is 1. The summed E-state index contributed by atoms with van der Waals surface area (Å²) >= 11 is 3.22. The molecule has 122 valence electrons. The molecule has 1 aliphatic carbocycles. The van der Waals surface area contributed by atoms with Crippen molar-refractivity contribution >= 4 is 27.6 Å². The fraction of sp³-hybridized carbons (Fsp3) is 0.250. The molecule has 0 bridgehead atoms. The predicted molar refractivity (Wildman–Crippen MR) is 90.2 cm³/mol. The Labute approximate surface area is 141 Å². The molecule has 0 aromatic carbocycles. The van der Waals surface area contributed by atoms with Crippen LogP contribution >= 0.6 is 15.9 Å². The van der Waals surface area contributed by atoms with Crippen molar-refractivity contribution in [3.05, 3.63) is 62.4 Å². The molecule has 1 aliphatic rings. The van der Waals surface area contributed by atoms with Crippen molar-refractivity contribution in [3.63, 3.8) is 0 Å². The number of aryl methyl sites for hydroxylation is 1. The number of rotatable bonds is 4. The zero-order valence-corrected chi connectivity index (χ0v) is 14.3. The van der Waals surface area contributed by atoms with Crippen LogP contribution < -0.4 is 10.9 Å². The molecule has 1 heterocycles. The van der Waals surface area contributed by atoms with Gasteiger partial charge in [-0.05, 0) is 25.2 Å². The van der Waals surface area contributed by atoms with E-state index in [0.717, 1.165) is 0 Å². The third-order valence-corrected chi connectivity index (χ3v) is 3.61. The van der Waals surface area contributed by atoms with Crippen LogP contribution in [0.15, 0.2) is 51.3 Å². The van der Waals surface area contributed by atoms with Gasteiger partial charge < -0.3 is 14.6 Å². The summed E-state index contributed by atoms with van der Waals surface area (Å²) in [5.41, 5.74) is 0.734. The average molecular weight is 383 g/mol. The third kappa shape index (κ3) is 4.41. The summed E-state index contributed by atoms with van der Waals surface area (Å²) in [7, 11) is 1.54. The highest BCUT2D eigenvalue weighted by Crippen LogP contribution is 2.24. The van der Waals surface area contributed by atoms with Gasteiger partial charge in [0, 0.05) is 35.9 Å². The molecule has 0 amide bonds. The first-order valence-corrected chi connectivity index (χ1v) is 7.77. The van der Waals surface area contributed by atoms with Crippen molar-refractivity contribution in [1.82, 2.24) is 4.57 Å². The summed E-state index contributed by atoms with van der Waals surface area (Å²) < 4.78 is 20.6. The molecule has 1 aromatic heterocycles. The Morgan fingerprint density at radius 1 is 1.48 bits per heavy atom. The Bertz CT molecular complexity index is 778. The van der Waals surface area contributed by atoms with E-state index in [2.05, 4.69) is 21.2 Å². The van der Waals surface area contributed by atoms with E-state index >= 15 is 0 Å². The molecule has 23 heavy (non-hydrogen) atoms. The van der Waals surface area contributed by atoms with Crippen LogP contribution in [0.25, 0.3) is 0 Å². The number of hydrogen-bond acceptors (Lipinski definition) is 4. The van der Waals surface area contributed by atoms with Gasteiger partial charge in [-0.25, -0.2) is 9.18 Å². The van der Waals surface area contributed by atoms with Crippen molar-refractivity contribution in [2.24, 2.45) is 7.05 Å². The fourth-order valence-electron chi connectivity index (χ4n) is 2.03. The maximum absolute atomic E-state index is 13.7. The van der Waals surface area contributed by atoms with Gasteiger partial charge in [0.15, 0.2) is 0 Å². The van der Waals surface area contributed by atoms with Gasteiger partial charge in [-0.2, -0.15) is 0 Å². The molecule has 5 nitrogen and oxygen atoms in total. The molecule has 7 heteroatoms. The summed E-state index contributed by atoms with van der Waals surface area (Å²) in [6, 6.07) is 1.29. The van der Waals surface area contributed by atoms with Crippen LogP contribution in [-0.2, 0) is 11.8 Å². The number of esters is 1. The third-order valence-electron chi connectivity index (χ3n) is 3.12. The second kappa shape index (κ2) is 7.41. The molecule has 2 rings (SSSR count). The van der Waals surface area contributed by atoms with Crippen molar-refractivity contribution in [1.29, 1.82) is 0 Å². The number of carbonyl (C=O) groups excluding carboxylic acids is 1. The van der Waals surface area contributed by atoms with E-state index < -0.39 is 5.97 Å². The van der Waals surface area contributed by atoms with E-state index in [-0.39, 0.29) is 35.7 Å². The van der Waals surface area contributed by atoms with Crippen LogP contribution in [0.3, 0.4) is 0 Å². The number of anilines is 1. The molecular formula is C16H16BrFN2O3. The zero-order valence-electron chi connectivity index (χ0n) is 12.7. The Hall–Kier alpha value is -2.15. The lowest BCUT2D eigenvalue weighted by molar-refractivity contribution is 0.0526. The number of aromatic nitrogens is 1. The van der Waals surface area contributed by atoms with Gasteiger partial charge in [-0.15, -0.1) is 0 Å². The number of ether oxygens (including phenoxy) is 1. The molecule has 1 aromatic rings. The standard InChI is InChI=1S/C16H16BrFN2O3/c1-3-23-16(22)13-9-20(2)15(21)8-14(13)19-12-5-4-10(17)6-11(18)7-12/h4-6,8-9,19H,3,7H2,1-2H3. The van der Waals surface area contributed by atoms with Crippen LogP contribution in [0.1, 0.15) is 23.7 Å². The lowest BCUT2D eigenvalue weighted by Crippen LogP contribution is -2.20. The summed E-state index contributed by atoms with van der Waals surface area (Å²) in [6.45, 7) is 1.92.